The van der Waals surface area contributed by atoms with Crippen LogP contribution in [0.4, 0.5) is 4.79 Å². The summed E-state index contributed by atoms with van der Waals surface area (Å²) >= 11 is 1.17. The summed E-state index contributed by atoms with van der Waals surface area (Å²) in [5.41, 5.74) is -0.196. The molecule has 1 atom stereocenters. The number of carbonyl (C=O) groups is 4. The van der Waals surface area contributed by atoms with Crippen LogP contribution in [0.15, 0.2) is 36.4 Å². The summed E-state index contributed by atoms with van der Waals surface area (Å²) in [5, 5.41) is 0.495. The van der Waals surface area contributed by atoms with Gasteiger partial charge in [0.25, 0.3) is 11.8 Å². The van der Waals surface area contributed by atoms with Crippen LogP contribution in [0.3, 0.4) is 0 Å². The largest absolute Gasteiger partial charge is 0.444 e. The van der Waals surface area contributed by atoms with Crippen molar-refractivity contribution in [1.29, 1.82) is 0 Å². The predicted octanol–water partition coefficient (Wildman–Crippen LogP) is 4.19. The first-order valence-corrected chi connectivity index (χ1v) is 10.8. The van der Waals surface area contributed by atoms with E-state index in [1.165, 1.54) is 23.5 Å². The number of ether oxygens (including phenoxy) is 1. The van der Waals surface area contributed by atoms with Gasteiger partial charge in [-0.1, -0.05) is 17.2 Å². The Morgan fingerprint density at radius 1 is 1.03 bits per heavy atom. The predicted molar refractivity (Wildman–Crippen MR) is 112 cm³/mol. The molecule has 8 nitrogen and oxygen atoms in total. The molecule has 1 aromatic carbocycles. The van der Waals surface area contributed by atoms with Crippen LogP contribution >= 0.6 is 11.3 Å². The molecule has 31 heavy (non-hydrogen) atoms. The summed E-state index contributed by atoms with van der Waals surface area (Å²) in [6.07, 6.45) is 1.20. The number of thiophene rings is 1. The van der Waals surface area contributed by atoms with E-state index in [1.54, 1.807) is 29.2 Å². The minimum atomic E-state index is -0.799. The van der Waals surface area contributed by atoms with Crippen LogP contribution in [0.25, 0.3) is 0 Å². The van der Waals surface area contributed by atoms with Gasteiger partial charge in [0.1, 0.15) is 10.5 Å². The number of amides is 3. The Labute approximate surface area is 183 Å². The van der Waals surface area contributed by atoms with Crippen LogP contribution in [0, 0.1) is 0 Å². The van der Waals surface area contributed by atoms with Crippen molar-refractivity contribution in [3.05, 3.63) is 57.3 Å². The maximum absolute atomic E-state index is 12.6. The van der Waals surface area contributed by atoms with Gasteiger partial charge >= 0.3 is 12.1 Å². The van der Waals surface area contributed by atoms with Crippen molar-refractivity contribution in [2.75, 3.05) is 6.54 Å². The molecule has 0 radical (unpaired) electrons. The smallest absolute Gasteiger partial charge is 0.410 e. The van der Waals surface area contributed by atoms with Gasteiger partial charge in [0.2, 0.25) is 0 Å². The van der Waals surface area contributed by atoms with Gasteiger partial charge in [0.15, 0.2) is 0 Å². The van der Waals surface area contributed by atoms with E-state index >= 15 is 0 Å². The molecule has 3 heterocycles. The molecule has 0 saturated carbocycles. The van der Waals surface area contributed by atoms with E-state index in [2.05, 4.69) is 0 Å². The van der Waals surface area contributed by atoms with Crippen molar-refractivity contribution in [3.8, 4) is 0 Å². The van der Waals surface area contributed by atoms with Crippen LogP contribution in [-0.4, -0.2) is 46.0 Å². The van der Waals surface area contributed by atoms with Crippen LogP contribution in [-0.2, 0) is 9.57 Å². The quantitative estimate of drug-likeness (QED) is 0.662. The van der Waals surface area contributed by atoms with Gasteiger partial charge in [0.05, 0.1) is 17.2 Å². The highest BCUT2D eigenvalue weighted by atomic mass is 32.1. The summed E-state index contributed by atoms with van der Waals surface area (Å²) in [7, 11) is 0. The molecule has 2 aromatic rings. The molecule has 2 aliphatic heterocycles. The molecule has 162 valence electrons. The first-order valence-electron chi connectivity index (χ1n) is 9.95. The molecule has 0 bridgehead atoms. The van der Waals surface area contributed by atoms with Crippen LogP contribution < -0.4 is 0 Å². The average molecular weight is 442 g/mol. The Balaban J connectivity index is 1.47. The molecule has 9 heteroatoms. The summed E-state index contributed by atoms with van der Waals surface area (Å²) in [5.74, 6) is -2.14. The molecular formula is C22H22N2O6S. The second-order valence-electron chi connectivity index (χ2n) is 8.36. The molecule has 1 aromatic heterocycles. The molecule has 0 aliphatic carbocycles. The monoisotopic (exact) mass is 442 g/mol. The lowest BCUT2D eigenvalue weighted by Crippen LogP contribution is -2.36. The highest BCUT2D eigenvalue weighted by molar-refractivity contribution is 7.14. The molecule has 3 amide bonds. The number of likely N-dealkylation sites (tertiary alicyclic amines) is 1. The summed E-state index contributed by atoms with van der Waals surface area (Å²) in [6, 6.07) is 9.44. The van der Waals surface area contributed by atoms with Crippen molar-refractivity contribution in [2.24, 2.45) is 0 Å². The van der Waals surface area contributed by atoms with Crippen molar-refractivity contribution in [1.82, 2.24) is 9.96 Å². The zero-order valence-corrected chi connectivity index (χ0v) is 18.2. The number of hydroxylamine groups is 2. The topological polar surface area (TPSA) is 93.2 Å². The third-order valence-electron chi connectivity index (χ3n) is 4.97. The number of hydrogen-bond acceptors (Lipinski definition) is 7. The molecular weight excluding hydrogens is 420 g/mol. The number of rotatable bonds is 3. The normalized spacial score (nSPS) is 18.4. The molecule has 0 spiro atoms. The molecule has 2 aliphatic rings. The zero-order chi connectivity index (χ0) is 22.3. The Hall–Kier alpha value is -3.20. The minimum Gasteiger partial charge on any atom is -0.444 e. The maximum Gasteiger partial charge on any atom is 0.410 e. The van der Waals surface area contributed by atoms with Crippen LogP contribution in [0.5, 0.6) is 0 Å². The summed E-state index contributed by atoms with van der Waals surface area (Å²) < 4.78 is 5.49. The lowest BCUT2D eigenvalue weighted by atomic mass is 10.1. The Morgan fingerprint density at radius 2 is 1.68 bits per heavy atom. The minimum absolute atomic E-state index is 0.194. The molecule has 1 unspecified atom stereocenters. The number of hydrogen-bond donors (Lipinski definition) is 0. The maximum atomic E-state index is 12.6. The molecule has 4 rings (SSSR count). The lowest BCUT2D eigenvalue weighted by Gasteiger charge is -2.28. The average Bonchev–Trinajstić information content (AvgIpc) is 3.42. The Morgan fingerprint density at radius 3 is 2.29 bits per heavy atom. The first-order chi connectivity index (χ1) is 14.7. The highest BCUT2D eigenvalue weighted by Crippen LogP contribution is 2.37. The van der Waals surface area contributed by atoms with Gasteiger partial charge in [-0.25, -0.2) is 9.59 Å². The van der Waals surface area contributed by atoms with Crippen molar-refractivity contribution in [2.45, 2.75) is 45.3 Å². The zero-order valence-electron chi connectivity index (χ0n) is 17.4. The summed E-state index contributed by atoms with van der Waals surface area (Å²) in [4.78, 5) is 57.8. The number of nitrogens with zero attached hydrogens (tertiary/aromatic N) is 2. The van der Waals surface area contributed by atoms with E-state index in [0.29, 0.717) is 11.6 Å². The summed E-state index contributed by atoms with van der Waals surface area (Å²) in [6.45, 7) is 6.02. The standard InChI is InChI=1S/C22H22N2O6S/c1-22(2,3)29-21(28)23-12-6-9-15(23)16-10-11-17(31-16)20(27)30-24-18(25)13-7-4-5-8-14(13)19(24)26/h4-5,7-8,10-11,15H,6,9,12H2,1-3H3. The van der Waals surface area contributed by atoms with Crippen molar-refractivity contribution < 1.29 is 28.8 Å². The molecule has 1 saturated heterocycles. The van der Waals surface area contributed by atoms with Crippen LogP contribution in [0.2, 0.25) is 0 Å². The fourth-order valence-electron chi connectivity index (χ4n) is 3.62. The number of carbonyl (C=O) groups excluding carboxylic acids is 4. The van der Waals surface area contributed by atoms with E-state index in [-0.39, 0.29) is 22.0 Å². The third kappa shape index (κ3) is 4.05. The molecule has 0 N–H and O–H groups in total. The van der Waals surface area contributed by atoms with E-state index in [0.717, 1.165) is 17.7 Å². The number of benzene rings is 1. The van der Waals surface area contributed by atoms with Gasteiger partial charge in [-0.15, -0.1) is 11.3 Å². The highest BCUT2D eigenvalue weighted by Gasteiger charge is 2.39. The van der Waals surface area contributed by atoms with Crippen molar-refractivity contribution >= 4 is 35.2 Å². The molecule has 1 fully saturated rings. The third-order valence-corrected chi connectivity index (χ3v) is 6.13. The first kappa shape index (κ1) is 21.0. The second-order valence-corrected chi connectivity index (χ2v) is 9.48. The second kappa shape index (κ2) is 7.81. The van der Waals surface area contributed by atoms with Gasteiger partial charge in [0, 0.05) is 11.4 Å². The van der Waals surface area contributed by atoms with Gasteiger partial charge in [-0.05, 0) is 57.9 Å². The fraction of sp³-hybridized carbons (Fsp3) is 0.364. The number of fused-ring (bicyclic) bond motifs is 1. The Bertz CT molecular complexity index is 1030. The van der Waals surface area contributed by atoms with Gasteiger partial charge in [-0.3, -0.25) is 9.59 Å². The van der Waals surface area contributed by atoms with Gasteiger partial charge in [-0.2, -0.15) is 0 Å². The van der Waals surface area contributed by atoms with Gasteiger partial charge < -0.3 is 14.5 Å². The van der Waals surface area contributed by atoms with E-state index in [1.807, 2.05) is 20.8 Å². The lowest BCUT2D eigenvalue weighted by molar-refractivity contribution is -0.0581. The van der Waals surface area contributed by atoms with E-state index < -0.39 is 29.5 Å². The van der Waals surface area contributed by atoms with Crippen molar-refractivity contribution in [3.63, 3.8) is 0 Å². The Kier molecular flexibility index (Phi) is 5.30. The SMILES string of the molecule is CC(C)(C)OC(=O)N1CCCC1c1ccc(C(=O)ON2C(=O)c3ccccc3C2=O)s1. The fourth-order valence-corrected chi connectivity index (χ4v) is 4.65. The van der Waals surface area contributed by atoms with Crippen LogP contribution in [0.1, 0.15) is 74.9 Å². The number of imide groups is 1. The van der Waals surface area contributed by atoms with E-state index in [4.69, 9.17) is 9.57 Å². The van der Waals surface area contributed by atoms with E-state index in [9.17, 15) is 19.2 Å².